The third-order valence-corrected chi connectivity index (χ3v) is 4.92. The van der Waals surface area contributed by atoms with Crippen LogP contribution in [0.25, 0.3) is 10.2 Å². The highest BCUT2D eigenvalue weighted by molar-refractivity contribution is 7.22. The summed E-state index contributed by atoms with van der Waals surface area (Å²) >= 11 is 7.12. The molecular weight excluding hydrogens is 416 g/mol. The topological polar surface area (TPSA) is 102 Å². The summed E-state index contributed by atoms with van der Waals surface area (Å²) < 4.78 is 10.8. The smallest absolute Gasteiger partial charge is 0.413 e. The Morgan fingerprint density at radius 1 is 1.21 bits per heavy atom. The maximum atomic E-state index is 12.0. The summed E-state index contributed by atoms with van der Waals surface area (Å²) in [5.74, 6) is 0.107. The van der Waals surface area contributed by atoms with E-state index in [1.54, 1.807) is 37.3 Å². The number of aromatic nitrogens is 1. The minimum Gasteiger partial charge on any atom is -0.484 e. The molecule has 0 aliphatic heterocycles. The number of ether oxygens (including phenoxy) is 2. The van der Waals surface area contributed by atoms with E-state index in [2.05, 4.69) is 25.6 Å². The maximum Gasteiger partial charge on any atom is 0.413 e. The lowest BCUT2D eigenvalue weighted by Gasteiger charge is -2.06. The van der Waals surface area contributed by atoms with Crippen LogP contribution in [0.4, 0.5) is 9.93 Å². The molecule has 3 aromatic rings. The van der Waals surface area contributed by atoms with E-state index < -0.39 is 12.0 Å². The number of rotatable bonds is 6. The van der Waals surface area contributed by atoms with E-state index in [9.17, 15) is 9.59 Å². The zero-order valence-electron chi connectivity index (χ0n) is 15.6. The molecule has 0 radical (unpaired) electrons. The molecule has 2 amide bonds. The SMILES string of the molecule is COC(=O)Nc1nc2ccc(OCC(=O)N/N=C(\C)c3ccc(Cl)cc3)cc2s1. The van der Waals surface area contributed by atoms with Crippen LogP contribution in [0, 0.1) is 0 Å². The largest absolute Gasteiger partial charge is 0.484 e. The van der Waals surface area contributed by atoms with Crippen molar-refractivity contribution in [3.63, 3.8) is 0 Å². The van der Waals surface area contributed by atoms with Crippen LogP contribution >= 0.6 is 22.9 Å². The number of fused-ring (bicyclic) bond motifs is 1. The molecule has 29 heavy (non-hydrogen) atoms. The lowest BCUT2D eigenvalue weighted by Crippen LogP contribution is -2.25. The number of nitrogens with one attached hydrogen (secondary N) is 2. The highest BCUT2D eigenvalue weighted by Gasteiger charge is 2.09. The van der Waals surface area contributed by atoms with Gasteiger partial charge in [-0.3, -0.25) is 10.1 Å². The first-order valence-corrected chi connectivity index (χ1v) is 9.61. The van der Waals surface area contributed by atoms with Gasteiger partial charge in [-0.15, -0.1) is 0 Å². The Labute approximate surface area is 175 Å². The molecule has 0 saturated carbocycles. The Balaban J connectivity index is 1.56. The van der Waals surface area contributed by atoms with Crippen molar-refractivity contribution in [2.45, 2.75) is 6.92 Å². The van der Waals surface area contributed by atoms with Gasteiger partial charge in [0.05, 0.1) is 23.0 Å². The van der Waals surface area contributed by atoms with E-state index in [0.717, 1.165) is 10.3 Å². The molecule has 3 rings (SSSR count). The van der Waals surface area contributed by atoms with Gasteiger partial charge in [0.25, 0.3) is 5.91 Å². The number of methoxy groups -OCH3 is 1. The Kier molecular flexibility index (Phi) is 6.63. The van der Waals surface area contributed by atoms with E-state index in [0.29, 0.717) is 27.1 Å². The number of thiazole rings is 1. The molecule has 1 aromatic heterocycles. The molecule has 1 heterocycles. The van der Waals surface area contributed by atoms with Crippen molar-refractivity contribution in [1.29, 1.82) is 0 Å². The van der Waals surface area contributed by atoms with Crippen LogP contribution in [-0.2, 0) is 9.53 Å². The average Bonchev–Trinajstić information content (AvgIpc) is 3.12. The fraction of sp³-hybridized carbons (Fsp3) is 0.158. The van der Waals surface area contributed by atoms with E-state index in [1.165, 1.54) is 18.4 Å². The van der Waals surface area contributed by atoms with E-state index >= 15 is 0 Å². The summed E-state index contributed by atoms with van der Waals surface area (Å²) in [6.45, 7) is 1.58. The third-order valence-electron chi connectivity index (χ3n) is 3.73. The number of anilines is 1. The van der Waals surface area contributed by atoms with Crippen LogP contribution in [0.15, 0.2) is 47.6 Å². The van der Waals surface area contributed by atoms with Crippen LogP contribution in [0.3, 0.4) is 0 Å². The molecule has 0 aliphatic carbocycles. The predicted octanol–water partition coefficient (Wildman–Crippen LogP) is 4.05. The van der Waals surface area contributed by atoms with Gasteiger partial charge >= 0.3 is 6.09 Å². The normalized spacial score (nSPS) is 11.2. The van der Waals surface area contributed by atoms with Crippen molar-refractivity contribution in [2.75, 3.05) is 19.0 Å². The second-order valence-corrected chi connectivity index (χ2v) is 7.26. The highest BCUT2D eigenvalue weighted by atomic mass is 35.5. The second-order valence-electron chi connectivity index (χ2n) is 5.79. The lowest BCUT2D eigenvalue weighted by molar-refractivity contribution is -0.123. The summed E-state index contributed by atoms with van der Waals surface area (Å²) in [5, 5.41) is 7.61. The Morgan fingerprint density at radius 2 is 1.97 bits per heavy atom. The minimum absolute atomic E-state index is 0.199. The number of hydrazone groups is 1. The van der Waals surface area contributed by atoms with Crippen molar-refractivity contribution < 1.29 is 19.1 Å². The van der Waals surface area contributed by atoms with Gasteiger partial charge < -0.3 is 9.47 Å². The molecule has 0 spiro atoms. The molecule has 10 heteroatoms. The first-order chi connectivity index (χ1) is 13.9. The van der Waals surface area contributed by atoms with E-state index in [-0.39, 0.29) is 6.61 Å². The van der Waals surface area contributed by atoms with Crippen molar-refractivity contribution >= 4 is 56.0 Å². The lowest BCUT2D eigenvalue weighted by atomic mass is 10.1. The quantitative estimate of drug-likeness (QED) is 0.452. The maximum absolute atomic E-state index is 12.0. The summed E-state index contributed by atoms with van der Waals surface area (Å²) in [6, 6.07) is 12.3. The van der Waals surface area contributed by atoms with Crippen molar-refractivity contribution in [1.82, 2.24) is 10.4 Å². The number of amides is 2. The molecule has 2 aromatic carbocycles. The molecular formula is C19H17ClN4O4S. The summed E-state index contributed by atoms with van der Waals surface area (Å²) in [4.78, 5) is 27.5. The molecule has 0 fully saturated rings. The van der Waals surface area contributed by atoms with E-state index in [1.807, 2.05) is 12.1 Å². The summed E-state index contributed by atoms with van der Waals surface area (Å²) in [5.41, 5.74) is 4.65. The number of carbonyl (C=O) groups excluding carboxylic acids is 2. The van der Waals surface area contributed by atoms with Crippen LogP contribution in [0.1, 0.15) is 12.5 Å². The van der Waals surface area contributed by atoms with Gasteiger partial charge in [-0.25, -0.2) is 15.2 Å². The van der Waals surface area contributed by atoms with Crippen molar-refractivity contribution in [3.8, 4) is 5.75 Å². The van der Waals surface area contributed by atoms with Crippen molar-refractivity contribution in [3.05, 3.63) is 53.1 Å². The molecule has 8 nitrogen and oxygen atoms in total. The molecule has 0 saturated heterocycles. The fourth-order valence-corrected chi connectivity index (χ4v) is 3.28. The fourth-order valence-electron chi connectivity index (χ4n) is 2.27. The molecule has 0 atom stereocenters. The van der Waals surface area contributed by atoms with Crippen LogP contribution in [0.2, 0.25) is 5.02 Å². The Bertz CT molecular complexity index is 1070. The first-order valence-electron chi connectivity index (χ1n) is 8.42. The predicted molar refractivity (Wildman–Crippen MR) is 113 cm³/mol. The summed E-state index contributed by atoms with van der Waals surface area (Å²) in [7, 11) is 1.28. The second kappa shape index (κ2) is 9.35. The van der Waals surface area contributed by atoms with Gasteiger partial charge in [0.2, 0.25) is 0 Å². The standard InChI is InChI=1S/C19H17ClN4O4S/c1-11(12-3-5-13(20)6-4-12)23-24-17(25)10-28-14-7-8-15-16(9-14)29-18(21-15)22-19(26)27-2/h3-9H,10H2,1-2H3,(H,24,25)(H,21,22,26)/b23-11+. The molecule has 2 N–H and O–H groups in total. The molecule has 0 unspecified atom stereocenters. The zero-order valence-corrected chi connectivity index (χ0v) is 17.1. The van der Waals surface area contributed by atoms with Gasteiger partial charge in [0, 0.05) is 5.02 Å². The number of hydrogen-bond donors (Lipinski definition) is 2. The van der Waals surface area contributed by atoms with Gasteiger partial charge in [-0.1, -0.05) is 35.1 Å². The van der Waals surface area contributed by atoms with Gasteiger partial charge in [-0.2, -0.15) is 5.10 Å². The zero-order chi connectivity index (χ0) is 20.8. The first kappa shape index (κ1) is 20.6. The number of hydrogen-bond acceptors (Lipinski definition) is 7. The van der Waals surface area contributed by atoms with Gasteiger partial charge in [0.15, 0.2) is 11.7 Å². The van der Waals surface area contributed by atoms with Crippen LogP contribution in [-0.4, -0.2) is 36.4 Å². The number of halogens is 1. The number of carbonyl (C=O) groups is 2. The minimum atomic E-state index is -0.591. The van der Waals surface area contributed by atoms with Crippen LogP contribution < -0.4 is 15.5 Å². The van der Waals surface area contributed by atoms with Crippen LogP contribution in [0.5, 0.6) is 5.75 Å². The van der Waals surface area contributed by atoms with Gasteiger partial charge in [0.1, 0.15) is 5.75 Å². The molecule has 0 bridgehead atoms. The monoisotopic (exact) mass is 432 g/mol. The highest BCUT2D eigenvalue weighted by Crippen LogP contribution is 2.29. The number of benzene rings is 2. The third kappa shape index (κ3) is 5.66. The number of nitrogens with zero attached hydrogens (tertiary/aromatic N) is 2. The van der Waals surface area contributed by atoms with Crippen molar-refractivity contribution in [2.24, 2.45) is 5.10 Å². The summed E-state index contributed by atoms with van der Waals surface area (Å²) in [6.07, 6.45) is -0.591. The average molecular weight is 433 g/mol. The Hall–Kier alpha value is -3.17. The van der Waals surface area contributed by atoms with E-state index in [4.69, 9.17) is 16.3 Å². The van der Waals surface area contributed by atoms with Gasteiger partial charge in [-0.05, 0) is 42.8 Å². The molecule has 150 valence electrons. The Morgan fingerprint density at radius 3 is 2.69 bits per heavy atom. The molecule has 0 aliphatic rings.